The minimum atomic E-state index is -2.92. The molecular formula is C43H68N18O28. The number of fused-ring (bicyclic) bond motifs is 27. The number of hydrogen-bond donors (Lipinski definition) is 20. The zero-order valence-corrected chi connectivity index (χ0v) is 46.4. The maximum atomic E-state index is 11.4. The van der Waals surface area contributed by atoms with Crippen LogP contribution in [0.3, 0.4) is 0 Å². The van der Waals surface area contributed by atoms with Crippen LogP contribution >= 0.6 is 0 Å². The zero-order chi connectivity index (χ0) is 67.1. The number of rotatable bonds is 19. The first kappa shape index (κ1) is 76.9. The fourth-order valence-corrected chi connectivity index (χ4v) is 7.85. The topological polar surface area (TPSA) is 771 Å². The number of aliphatic hydroxyl groups excluding tert-OH is 20. The third kappa shape index (κ3) is 23.4. The molecule has 0 spiro atoms. The molecule has 19 atom stereocenters. The highest BCUT2D eigenvalue weighted by Crippen LogP contribution is 2.32. The Morgan fingerprint density at radius 1 is 0.315 bits per heavy atom. The lowest BCUT2D eigenvalue weighted by molar-refractivity contribution is -0.323. The highest BCUT2D eigenvalue weighted by molar-refractivity contribution is 5.14. The Balaban J connectivity index is 3.05. The number of hydrogen-bond acceptors (Lipinski definition) is 34. The third-order valence-electron chi connectivity index (χ3n) is 12.4. The van der Waals surface area contributed by atoms with Crippen molar-refractivity contribution in [3.8, 4) is 0 Å². The van der Waals surface area contributed by atoms with E-state index in [4.69, 9.17) is 71.1 Å². The zero-order valence-electron chi connectivity index (χ0n) is 46.4. The largest absolute Gasteiger partial charge is 0.506 e. The van der Waals surface area contributed by atoms with Gasteiger partial charge in [0.1, 0.15) is 61.0 Å². The van der Waals surface area contributed by atoms with Gasteiger partial charge in [-0.3, -0.25) is 0 Å². The van der Waals surface area contributed by atoms with Crippen LogP contribution in [-0.2, 0) is 37.9 Å². The van der Waals surface area contributed by atoms with Gasteiger partial charge in [-0.05, 0) is 71.7 Å². The normalized spacial score (nSPS) is 35.8. The summed E-state index contributed by atoms with van der Waals surface area (Å²) in [4.78, 5) is 15.0. The van der Waals surface area contributed by atoms with Gasteiger partial charge in [-0.2, -0.15) is 0 Å². The van der Waals surface area contributed by atoms with Gasteiger partial charge in [0.2, 0.25) is 31.5 Å². The summed E-state index contributed by atoms with van der Waals surface area (Å²) in [6.45, 7) is -2.89. The van der Waals surface area contributed by atoms with Gasteiger partial charge in [-0.15, -0.1) is 0 Å². The van der Waals surface area contributed by atoms with Crippen LogP contribution in [0, 0.1) is 0 Å². The van der Waals surface area contributed by atoms with Crippen molar-refractivity contribution in [2.45, 2.75) is 169 Å². The molecule has 2 bridgehead atoms. The minimum Gasteiger partial charge on any atom is -0.506 e. The summed E-state index contributed by atoms with van der Waals surface area (Å²) < 4.78 is 42.7. The standard InChI is InChI=1S/C43H68N18O28/c1-2-3-15-22(62)29(69)38(77)86-19(7-12-53-59-47)26(66)34(74)42(81)89-36-21(14-55-61-49)88-43(35(75)28(36)68)87-20(8-13-54-60-48)27(67)33(73)41(80)85-18(6-11-52-58-46)25(65)32(72)40(79)84-17(5-10-51-57-45)24(64)31(71)39(78)83-16(4-9-50-56-44)23(63)30(70)37(76)82-15/h15-21,23,28,30,35-43,62-81H,2-14H2,1H3/b29-22?,31-24+,32-25-,33-27-,34-26+. The molecule has 1 fully saturated rings. The van der Waals surface area contributed by atoms with Gasteiger partial charge < -0.3 is 140 Å². The summed E-state index contributed by atoms with van der Waals surface area (Å²) in [5.74, 6) is -15.9. The van der Waals surface area contributed by atoms with E-state index in [1.165, 1.54) is 6.92 Å². The summed E-state index contributed by atoms with van der Waals surface area (Å²) in [5, 5.41) is 242. The van der Waals surface area contributed by atoms with Gasteiger partial charge in [-0.1, -0.05) is 44.0 Å². The molecule has 1 saturated heterocycles. The van der Waals surface area contributed by atoms with Crippen LogP contribution in [0.1, 0.15) is 51.9 Å². The summed E-state index contributed by atoms with van der Waals surface area (Å²) in [6, 6.07) is 0. The molecule has 0 aromatic carbocycles. The Morgan fingerprint density at radius 3 is 0.978 bits per heavy atom. The molecule has 46 nitrogen and oxygen atoms in total. The van der Waals surface area contributed by atoms with Crippen LogP contribution < -0.4 is 0 Å². The number of aliphatic hydroxyl groups is 20. The first-order valence-corrected chi connectivity index (χ1v) is 25.9. The molecule has 3 rings (SSSR count). The Hall–Kier alpha value is -8.16. The first-order valence-electron chi connectivity index (χ1n) is 25.9. The molecule has 19 unspecified atom stereocenters. The third-order valence-corrected chi connectivity index (χ3v) is 12.4. The fraction of sp³-hybridized carbons (Fsp3) is 0.767. The van der Waals surface area contributed by atoms with Gasteiger partial charge in [-0.25, -0.2) is 0 Å². The van der Waals surface area contributed by atoms with Crippen LogP contribution in [0.4, 0.5) is 0 Å². The lowest BCUT2D eigenvalue weighted by Gasteiger charge is -2.43. The molecule has 0 aromatic heterocycles. The average molecular weight is 1290 g/mol. The molecule has 0 amide bonds. The molecule has 3 aliphatic rings. The van der Waals surface area contributed by atoms with Crippen molar-refractivity contribution in [2.24, 2.45) is 30.7 Å². The Labute approximate surface area is 498 Å². The molecular weight excluding hydrogens is 1220 g/mol. The molecule has 0 aromatic rings. The van der Waals surface area contributed by atoms with E-state index in [0.717, 1.165) is 0 Å². The minimum absolute atomic E-state index is 0.0206. The van der Waals surface area contributed by atoms with Crippen molar-refractivity contribution in [3.05, 3.63) is 120 Å². The van der Waals surface area contributed by atoms with E-state index in [1.54, 1.807) is 0 Å². The van der Waals surface area contributed by atoms with Gasteiger partial charge in [0, 0.05) is 62.2 Å². The van der Waals surface area contributed by atoms with Crippen LogP contribution in [0.2, 0.25) is 0 Å². The summed E-state index contributed by atoms with van der Waals surface area (Å²) >= 11 is 0. The van der Waals surface area contributed by atoms with E-state index in [1.807, 2.05) is 0 Å². The van der Waals surface area contributed by atoms with Crippen molar-refractivity contribution in [1.82, 2.24) is 0 Å². The fourth-order valence-electron chi connectivity index (χ4n) is 7.85. The predicted molar refractivity (Wildman–Crippen MR) is 286 cm³/mol. The smallest absolute Gasteiger partial charge is 0.218 e. The maximum Gasteiger partial charge on any atom is 0.218 e. The Morgan fingerprint density at radius 2 is 0.629 bits per heavy atom. The quantitative estimate of drug-likeness (QED) is 0.0500. The van der Waals surface area contributed by atoms with Crippen molar-refractivity contribution in [3.63, 3.8) is 0 Å². The van der Waals surface area contributed by atoms with E-state index >= 15 is 0 Å². The number of nitrogens with zero attached hydrogens (tertiary/aromatic N) is 18. The van der Waals surface area contributed by atoms with Crippen molar-refractivity contribution in [2.75, 3.05) is 39.3 Å². The lowest BCUT2D eigenvalue weighted by Crippen LogP contribution is -2.61. The second kappa shape index (κ2) is 39.7. The molecule has 46 heteroatoms. The Bertz CT molecular complexity index is 2750. The van der Waals surface area contributed by atoms with Gasteiger partial charge >= 0.3 is 0 Å². The monoisotopic (exact) mass is 1280 g/mol. The van der Waals surface area contributed by atoms with Crippen LogP contribution in [0.15, 0.2) is 88.3 Å². The van der Waals surface area contributed by atoms with Crippen molar-refractivity contribution < 1.29 is 140 Å². The molecule has 20 N–H and O–H groups in total. The van der Waals surface area contributed by atoms with Crippen LogP contribution in [0.25, 0.3) is 62.7 Å². The van der Waals surface area contributed by atoms with Gasteiger partial charge in [0.25, 0.3) is 0 Å². The first-order chi connectivity index (χ1) is 42.2. The highest BCUT2D eigenvalue weighted by Gasteiger charge is 2.49. The lowest BCUT2D eigenvalue weighted by atomic mass is 9.98. The SMILES string of the molecule is CCCC1OC(O)C(O)C(O)C(CCN=[N+]=[N-])OC(O)/C(O)=C(\O)C(CCN=[N+]=[N-])OC(O)/C(O)=C(/O)C(CCN=[N+]=[N-])OC(O)/C(O)=C(/O)C(CCN=[N+]=[N-])OC2OC(CN=[N+]=[N-])C(OC(O)/C(O)=C(\O)C(CCN=[N+]=[N-])OC(O)C(O)=C1O)C(O)C2O. The molecule has 498 valence electrons. The molecule has 0 radical (unpaired) electrons. The van der Waals surface area contributed by atoms with E-state index in [9.17, 15) is 102 Å². The number of azide groups is 6. The van der Waals surface area contributed by atoms with E-state index < -0.39 is 253 Å². The van der Waals surface area contributed by atoms with Gasteiger partial charge in [0.15, 0.2) is 70.2 Å². The number of ether oxygens (including phenoxy) is 8. The second-order valence-electron chi connectivity index (χ2n) is 18.3. The summed E-state index contributed by atoms with van der Waals surface area (Å²) in [6.07, 6.45) is -50.9. The highest BCUT2D eigenvalue weighted by atomic mass is 16.7. The molecule has 3 heterocycles. The second-order valence-corrected chi connectivity index (χ2v) is 18.3. The molecule has 0 aliphatic carbocycles. The van der Waals surface area contributed by atoms with E-state index in [-0.39, 0.29) is 6.42 Å². The predicted octanol–water partition coefficient (Wildman–Crippen LogP) is 2.03. The van der Waals surface area contributed by atoms with E-state index in [2.05, 4.69) is 60.2 Å². The maximum absolute atomic E-state index is 11.4. The average Bonchev–Trinajstić information content (AvgIpc) is 3.71. The van der Waals surface area contributed by atoms with E-state index in [0.29, 0.717) is 0 Å². The summed E-state index contributed by atoms with van der Waals surface area (Å²) in [7, 11) is 0. The van der Waals surface area contributed by atoms with Crippen molar-refractivity contribution >= 4 is 0 Å². The molecule has 0 saturated carbocycles. The van der Waals surface area contributed by atoms with Crippen molar-refractivity contribution in [1.29, 1.82) is 0 Å². The van der Waals surface area contributed by atoms with Gasteiger partial charge in [0.05, 0.1) is 18.8 Å². The summed E-state index contributed by atoms with van der Waals surface area (Å²) in [5.41, 5.74) is 53.7. The van der Waals surface area contributed by atoms with Crippen LogP contribution in [-0.4, -0.2) is 259 Å². The molecule has 89 heavy (non-hydrogen) atoms. The molecule has 3 aliphatic heterocycles. The van der Waals surface area contributed by atoms with Crippen LogP contribution in [0.5, 0.6) is 0 Å². The Kier molecular flexibility index (Phi) is 34.3.